The van der Waals surface area contributed by atoms with E-state index in [4.69, 9.17) is 4.74 Å². The maximum Gasteiger partial charge on any atom is 0.223 e. The van der Waals surface area contributed by atoms with Gasteiger partial charge in [-0.05, 0) is 29.8 Å². The number of benzene rings is 2. The van der Waals surface area contributed by atoms with Gasteiger partial charge < -0.3 is 14.6 Å². The molecule has 0 aliphatic carbocycles. The normalized spacial score (nSPS) is 17.6. The summed E-state index contributed by atoms with van der Waals surface area (Å²) in [5.74, 6) is 2.04. The van der Waals surface area contributed by atoms with Gasteiger partial charge in [0.25, 0.3) is 0 Å². The Morgan fingerprint density at radius 1 is 1.21 bits per heavy atom. The molecule has 2 heterocycles. The van der Waals surface area contributed by atoms with Gasteiger partial charge in [0, 0.05) is 25.4 Å². The first-order valence-corrected chi connectivity index (χ1v) is 8.08. The second-order valence-corrected chi connectivity index (χ2v) is 6.16. The fraction of sp³-hybridized carbons (Fsp3) is 0.263. The maximum absolute atomic E-state index is 12.4. The minimum atomic E-state index is 0.128. The summed E-state index contributed by atoms with van der Waals surface area (Å²) in [6.07, 6.45) is 0.510. The smallest absolute Gasteiger partial charge is 0.223 e. The number of rotatable bonds is 4. The Morgan fingerprint density at radius 2 is 2.00 bits per heavy atom. The second-order valence-electron chi connectivity index (χ2n) is 6.16. The molecule has 5 nitrogen and oxygen atoms in total. The molecule has 1 fully saturated rings. The van der Waals surface area contributed by atoms with Gasteiger partial charge in [0.1, 0.15) is 11.6 Å². The number of para-hydroxylation sites is 2. The minimum absolute atomic E-state index is 0.128. The lowest BCUT2D eigenvalue weighted by molar-refractivity contribution is -0.128. The molecule has 1 atom stereocenters. The highest BCUT2D eigenvalue weighted by molar-refractivity contribution is 5.80. The van der Waals surface area contributed by atoms with E-state index in [0.29, 0.717) is 19.5 Å². The average Bonchev–Trinajstić information content (AvgIpc) is 3.19. The highest BCUT2D eigenvalue weighted by Gasteiger charge is 2.32. The largest absolute Gasteiger partial charge is 0.497 e. The lowest BCUT2D eigenvalue weighted by Crippen LogP contribution is -2.24. The number of ether oxygens (including phenoxy) is 1. The summed E-state index contributed by atoms with van der Waals surface area (Å²) in [5.41, 5.74) is 3.08. The number of methoxy groups -OCH3 is 1. The number of aromatic nitrogens is 2. The SMILES string of the molecule is COc1ccc(CN2C[C@@H](c3nc4ccccc4[nH]3)CC2=O)cc1. The number of amides is 1. The van der Waals surface area contributed by atoms with Crippen LogP contribution >= 0.6 is 0 Å². The molecule has 122 valence electrons. The third-order valence-electron chi connectivity index (χ3n) is 4.54. The Hall–Kier alpha value is -2.82. The fourth-order valence-electron chi connectivity index (χ4n) is 3.23. The van der Waals surface area contributed by atoms with Crippen molar-refractivity contribution >= 4 is 16.9 Å². The third-order valence-corrected chi connectivity index (χ3v) is 4.54. The van der Waals surface area contributed by atoms with Crippen molar-refractivity contribution in [2.45, 2.75) is 18.9 Å². The van der Waals surface area contributed by atoms with Gasteiger partial charge in [0.15, 0.2) is 0 Å². The van der Waals surface area contributed by atoms with E-state index in [9.17, 15) is 4.79 Å². The highest BCUT2D eigenvalue weighted by atomic mass is 16.5. The summed E-state index contributed by atoms with van der Waals surface area (Å²) in [4.78, 5) is 22.3. The summed E-state index contributed by atoms with van der Waals surface area (Å²) in [6, 6.07) is 15.8. The first kappa shape index (κ1) is 14.8. The maximum atomic E-state index is 12.4. The van der Waals surface area contributed by atoms with Crippen molar-refractivity contribution in [3.05, 3.63) is 59.9 Å². The van der Waals surface area contributed by atoms with Crippen LogP contribution in [0.4, 0.5) is 0 Å². The Bertz CT molecular complexity index is 837. The van der Waals surface area contributed by atoms with Crippen LogP contribution in [0.3, 0.4) is 0 Å². The van der Waals surface area contributed by atoms with Gasteiger partial charge in [-0.3, -0.25) is 4.79 Å². The number of nitrogens with zero attached hydrogens (tertiary/aromatic N) is 2. The molecule has 1 aromatic heterocycles. The van der Waals surface area contributed by atoms with Crippen molar-refractivity contribution in [2.24, 2.45) is 0 Å². The van der Waals surface area contributed by atoms with Crippen molar-refractivity contribution < 1.29 is 9.53 Å². The monoisotopic (exact) mass is 321 g/mol. The van der Waals surface area contributed by atoms with Crippen LogP contribution in [0.2, 0.25) is 0 Å². The van der Waals surface area contributed by atoms with Crippen molar-refractivity contribution in [1.29, 1.82) is 0 Å². The fourth-order valence-corrected chi connectivity index (χ4v) is 3.23. The molecular formula is C19H19N3O2. The molecule has 0 saturated carbocycles. The summed E-state index contributed by atoms with van der Waals surface area (Å²) in [5, 5.41) is 0. The van der Waals surface area contributed by atoms with Crippen LogP contribution < -0.4 is 4.74 Å². The average molecular weight is 321 g/mol. The summed E-state index contributed by atoms with van der Waals surface area (Å²) in [7, 11) is 1.65. The number of carbonyl (C=O) groups excluding carboxylic acids is 1. The minimum Gasteiger partial charge on any atom is -0.497 e. The van der Waals surface area contributed by atoms with E-state index in [1.807, 2.05) is 53.4 Å². The van der Waals surface area contributed by atoms with Gasteiger partial charge >= 0.3 is 0 Å². The van der Waals surface area contributed by atoms with Crippen molar-refractivity contribution in [3.63, 3.8) is 0 Å². The van der Waals surface area contributed by atoms with Crippen LogP contribution in [-0.2, 0) is 11.3 Å². The van der Waals surface area contributed by atoms with Crippen LogP contribution in [0.1, 0.15) is 23.7 Å². The van der Waals surface area contributed by atoms with E-state index >= 15 is 0 Å². The first-order valence-electron chi connectivity index (χ1n) is 8.08. The van der Waals surface area contributed by atoms with E-state index in [1.165, 1.54) is 0 Å². The molecule has 0 bridgehead atoms. The van der Waals surface area contributed by atoms with Gasteiger partial charge in [0.05, 0.1) is 18.1 Å². The highest BCUT2D eigenvalue weighted by Crippen LogP contribution is 2.29. The molecule has 1 amide bonds. The summed E-state index contributed by atoms with van der Waals surface area (Å²) in [6.45, 7) is 1.32. The van der Waals surface area contributed by atoms with Crippen LogP contribution in [-0.4, -0.2) is 34.4 Å². The Morgan fingerprint density at radius 3 is 2.75 bits per heavy atom. The molecule has 1 aliphatic heterocycles. The predicted molar refractivity (Wildman–Crippen MR) is 91.9 cm³/mol. The topological polar surface area (TPSA) is 58.2 Å². The van der Waals surface area contributed by atoms with E-state index in [2.05, 4.69) is 9.97 Å². The summed E-state index contributed by atoms with van der Waals surface area (Å²) < 4.78 is 5.17. The van der Waals surface area contributed by atoms with Crippen LogP contribution in [0.25, 0.3) is 11.0 Å². The zero-order chi connectivity index (χ0) is 16.5. The zero-order valence-electron chi connectivity index (χ0n) is 13.5. The number of H-pyrrole nitrogens is 1. The molecule has 1 aliphatic rings. The predicted octanol–water partition coefficient (Wildman–Crippen LogP) is 3.09. The molecule has 1 N–H and O–H groups in total. The Labute approximate surface area is 140 Å². The molecule has 0 spiro atoms. The standard InChI is InChI=1S/C19H19N3O2/c1-24-15-8-6-13(7-9-15)11-22-12-14(10-18(22)23)19-20-16-4-2-3-5-17(16)21-19/h2-9,14H,10-12H2,1H3,(H,20,21)/t14-/m0/s1. The molecule has 4 rings (SSSR count). The van der Waals surface area contributed by atoms with Crippen LogP contribution in [0.15, 0.2) is 48.5 Å². The lowest BCUT2D eigenvalue weighted by atomic mass is 10.1. The van der Waals surface area contributed by atoms with Gasteiger partial charge in [-0.15, -0.1) is 0 Å². The quantitative estimate of drug-likeness (QED) is 0.803. The van der Waals surface area contributed by atoms with Gasteiger partial charge in [0.2, 0.25) is 5.91 Å². The number of imidazole rings is 1. The Balaban J connectivity index is 1.49. The molecule has 24 heavy (non-hydrogen) atoms. The van der Waals surface area contributed by atoms with Gasteiger partial charge in [-0.25, -0.2) is 4.98 Å². The Kier molecular flexibility index (Phi) is 3.69. The van der Waals surface area contributed by atoms with Gasteiger partial charge in [-0.1, -0.05) is 24.3 Å². The zero-order valence-corrected chi connectivity index (χ0v) is 13.5. The molecule has 3 aromatic rings. The van der Waals surface area contributed by atoms with Crippen molar-refractivity contribution in [3.8, 4) is 5.75 Å². The van der Waals surface area contributed by atoms with Crippen LogP contribution in [0.5, 0.6) is 5.75 Å². The third kappa shape index (κ3) is 2.73. The number of fused-ring (bicyclic) bond motifs is 1. The first-order chi connectivity index (χ1) is 11.7. The number of nitrogens with one attached hydrogen (secondary N) is 1. The number of hydrogen-bond donors (Lipinski definition) is 1. The number of aromatic amines is 1. The molecule has 0 radical (unpaired) electrons. The number of hydrogen-bond acceptors (Lipinski definition) is 3. The molecular weight excluding hydrogens is 302 g/mol. The van der Waals surface area contributed by atoms with E-state index in [0.717, 1.165) is 28.2 Å². The van der Waals surface area contributed by atoms with E-state index in [1.54, 1.807) is 7.11 Å². The summed E-state index contributed by atoms with van der Waals surface area (Å²) >= 11 is 0. The van der Waals surface area contributed by atoms with Gasteiger partial charge in [-0.2, -0.15) is 0 Å². The van der Waals surface area contributed by atoms with E-state index < -0.39 is 0 Å². The molecule has 5 heteroatoms. The second kappa shape index (κ2) is 6.00. The molecule has 0 unspecified atom stereocenters. The van der Waals surface area contributed by atoms with Crippen LogP contribution in [0, 0.1) is 0 Å². The number of carbonyl (C=O) groups is 1. The number of likely N-dealkylation sites (tertiary alicyclic amines) is 1. The lowest BCUT2D eigenvalue weighted by Gasteiger charge is -2.16. The van der Waals surface area contributed by atoms with E-state index in [-0.39, 0.29) is 11.8 Å². The molecule has 1 saturated heterocycles. The van der Waals surface area contributed by atoms with Crippen molar-refractivity contribution in [1.82, 2.24) is 14.9 Å². The molecule has 2 aromatic carbocycles. The van der Waals surface area contributed by atoms with Crippen molar-refractivity contribution in [2.75, 3.05) is 13.7 Å².